The molecule has 2 aliphatic heterocycles. The molecule has 3 rings (SSSR count). The minimum atomic E-state index is 0.141. The molecule has 0 aromatic heterocycles. The summed E-state index contributed by atoms with van der Waals surface area (Å²) in [5.41, 5.74) is 2.95. The van der Waals surface area contributed by atoms with E-state index < -0.39 is 0 Å². The van der Waals surface area contributed by atoms with Crippen LogP contribution in [0.1, 0.15) is 37.8 Å². The van der Waals surface area contributed by atoms with Gasteiger partial charge in [0.2, 0.25) is 5.91 Å². The van der Waals surface area contributed by atoms with Crippen LogP contribution in [0.15, 0.2) is 24.3 Å². The number of carbonyl (C=O) groups is 1. The van der Waals surface area contributed by atoms with E-state index in [0.717, 1.165) is 58.8 Å². The molecule has 23 heavy (non-hydrogen) atoms. The maximum Gasteiger partial charge on any atom is 0.219 e. The lowest BCUT2D eigenvalue weighted by Crippen LogP contribution is -2.53. The minimum absolute atomic E-state index is 0.141. The largest absolute Gasteiger partial charge is 0.380 e. The minimum Gasteiger partial charge on any atom is -0.380 e. The van der Waals surface area contributed by atoms with Crippen molar-refractivity contribution < 1.29 is 9.53 Å². The van der Waals surface area contributed by atoms with Crippen molar-refractivity contribution in [2.75, 3.05) is 39.4 Å². The predicted molar refractivity (Wildman–Crippen MR) is 91.4 cm³/mol. The molecule has 1 fully saturated rings. The Bertz CT molecular complexity index is 550. The summed E-state index contributed by atoms with van der Waals surface area (Å²) in [6.07, 6.45) is 2.25. The van der Waals surface area contributed by atoms with E-state index in [-0.39, 0.29) is 11.3 Å². The van der Waals surface area contributed by atoms with Gasteiger partial charge in [-0.15, -0.1) is 0 Å². The average Bonchev–Trinajstić information content (AvgIpc) is 2.57. The third-order valence-electron chi connectivity index (χ3n) is 5.46. The molecule has 0 unspecified atom stereocenters. The van der Waals surface area contributed by atoms with Crippen molar-refractivity contribution in [3.8, 4) is 0 Å². The van der Waals surface area contributed by atoms with Gasteiger partial charge in [0.1, 0.15) is 0 Å². The molecule has 1 saturated heterocycles. The molecular formula is C19H28N2O2. The molecule has 126 valence electrons. The number of likely N-dealkylation sites (tertiary alicyclic amines) is 1. The molecule has 0 N–H and O–H groups in total. The summed E-state index contributed by atoms with van der Waals surface area (Å²) in [6.45, 7) is 10.2. The second-order valence-corrected chi connectivity index (χ2v) is 6.85. The van der Waals surface area contributed by atoms with Crippen molar-refractivity contribution in [3.63, 3.8) is 0 Å². The van der Waals surface area contributed by atoms with E-state index in [1.54, 1.807) is 6.92 Å². The Labute approximate surface area is 139 Å². The molecule has 0 atom stereocenters. The number of amides is 1. The van der Waals surface area contributed by atoms with E-state index >= 15 is 0 Å². The van der Waals surface area contributed by atoms with Crippen LogP contribution in [0.5, 0.6) is 0 Å². The number of hydrogen-bond acceptors (Lipinski definition) is 3. The summed E-state index contributed by atoms with van der Waals surface area (Å²) in [5.74, 6) is 0.192. The topological polar surface area (TPSA) is 32.8 Å². The molecule has 1 aromatic rings. The Morgan fingerprint density at radius 2 is 2.00 bits per heavy atom. The lowest BCUT2D eigenvalue weighted by molar-refractivity contribution is -0.131. The van der Waals surface area contributed by atoms with Gasteiger partial charge in [-0.1, -0.05) is 24.3 Å². The van der Waals surface area contributed by atoms with E-state index in [1.165, 1.54) is 11.1 Å². The van der Waals surface area contributed by atoms with E-state index in [1.807, 2.05) is 11.8 Å². The molecule has 0 radical (unpaired) electrons. The quantitative estimate of drug-likeness (QED) is 0.800. The van der Waals surface area contributed by atoms with Crippen molar-refractivity contribution in [2.45, 2.75) is 38.6 Å². The summed E-state index contributed by atoms with van der Waals surface area (Å²) in [7, 11) is 0. The Hall–Kier alpha value is -1.39. The van der Waals surface area contributed by atoms with Gasteiger partial charge in [-0.25, -0.2) is 0 Å². The molecule has 2 heterocycles. The molecule has 0 saturated carbocycles. The molecule has 1 spiro atoms. The van der Waals surface area contributed by atoms with Gasteiger partial charge >= 0.3 is 0 Å². The van der Waals surface area contributed by atoms with Crippen LogP contribution in [0.2, 0.25) is 0 Å². The van der Waals surface area contributed by atoms with Gasteiger partial charge in [0.25, 0.3) is 0 Å². The molecule has 0 aliphatic carbocycles. The van der Waals surface area contributed by atoms with Crippen molar-refractivity contribution in [1.82, 2.24) is 9.80 Å². The maximum atomic E-state index is 12.0. The van der Waals surface area contributed by atoms with Crippen LogP contribution in [0.4, 0.5) is 0 Å². The van der Waals surface area contributed by atoms with Crippen LogP contribution in [0.3, 0.4) is 0 Å². The van der Waals surface area contributed by atoms with E-state index in [0.29, 0.717) is 0 Å². The first-order chi connectivity index (χ1) is 11.1. The monoisotopic (exact) mass is 316 g/mol. The van der Waals surface area contributed by atoms with E-state index in [2.05, 4.69) is 29.2 Å². The Morgan fingerprint density at radius 3 is 2.70 bits per heavy atom. The first kappa shape index (κ1) is 16.5. The van der Waals surface area contributed by atoms with Crippen molar-refractivity contribution >= 4 is 5.91 Å². The van der Waals surface area contributed by atoms with Crippen LogP contribution in [-0.4, -0.2) is 55.1 Å². The van der Waals surface area contributed by atoms with E-state index in [9.17, 15) is 4.79 Å². The highest BCUT2D eigenvalue weighted by molar-refractivity contribution is 5.74. The van der Waals surface area contributed by atoms with Crippen LogP contribution in [0.25, 0.3) is 0 Å². The highest BCUT2D eigenvalue weighted by Crippen LogP contribution is 2.41. The number of fused-ring (bicyclic) bond motifs is 2. The summed E-state index contributed by atoms with van der Waals surface area (Å²) < 4.78 is 5.48. The van der Waals surface area contributed by atoms with Crippen molar-refractivity contribution in [1.29, 1.82) is 0 Å². The fourth-order valence-corrected chi connectivity index (χ4v) is 4.08. The average molecular weight is 316 g/mol. The molecule has 4 nitrogen and oxygen atoms in total. The van der Waals surface area contributed by atoms with Crippen LogP contribution in [-0.2, 0) is 21.5 Å². The Morgan fingerprint density at radius 1 is 1.26 bits per heavy atom. The molecule has 2 aliphatic rings. The van der Waals surface area contributed by atoms with E-state index in [4.69, 9.17) is 4.74 Å². The number of nitrogens with zero attached hydrogens (tertiary/aromatic N) is 2. The predicted octanol–water partition coefficient (Wildman–Crippen LogP) is 2.42. The first-order valence-corrected chi connectivity index (χ1v) is 8.78. The van der Waals surface area contributed by atoms with Gasteiger partial charge in [-0.05, 0) is 44.0 Å². The van der Waals surface area contributed by atoms with Gasteiger partial charge in [0.05, 0.1) is 6.61 Å². The van der Waals surface area contributed by atoms with Crippen molar-refractivity contribution in [3.05, 3.63) is 35.4 Å². The van der Waals surface area contributed by atoms with Gasteiger partial charge in [0, 0.05) is 38.6 Å². The van der Waals surface area contributed by atoms with Crippen LogP contribution in [0, 0.1) is 0 Å². The number of hydrogen-bond donors (Lipinski definition) is 0. The summed E-state index contributed by atoms with van der Waals surface area (Å²) in [5, 5.41) is 0. The lowest BCUT2D eigenvalue weighted by Gasteiger charge is -2.48. The maximum absolute atomic E-state index is 12.0. The smallest absolute Gasteiger partial charge is 0.219 e. The van der Waals surface area contributed by atoms with Gasteiger partial charge in [-0.3, -0.25) is 4.79 Å². The van der Waals surface area contributed by atoms with Crippen LogP contribution >= 0.6 is 0 Å². The lowest BCUT2D eigenvalue weighted by atomic mass is 9.69. The Kier molecular flexibility index (Phi) is 5.02. The standard InChI is InChI=1S/C19H28N2O2/c1-3-23-13-12-20-10-8-19(9-11-20)15-21(16(2)22)14-17-6-4-5-7-18(17)19/h4-7H,3,8-15H2,1-2H3. The zero-order valence-corrected chi connectivity index (χ0v) is 14.4. The first-order valence-electron chi connectivity index (χ1n) is 8.78. The summed E-state index contributed by atoms with van der Waals surface area (Å²) >= 11 is 0. The number of rotatable bonds is 4. The molecular weight excluding hydrogens is 288 g/mol. The fourth-order valence-electron chi connectivity index (χ4n) is 4.08. The highest BCUT2D eigenvalue weighted by Gasteiger charge is 2.42. The molecule has 0 bridgehead atoms. The number of benzene rings is 1. The fraction of sp³-hybridized carbons (Fsp3) is 0.632. The SMILES string of the molecule is CCOCCN1CCC2(CC1)CN(C(C)=O)Cc1ccccc12. The van der Waals surface area contributed by atoms with Crippen molar-refractivity contribution in [2.24, 2.45) is 0 Å². The Balaban J connectivity index is 1.75. The highest BCUT2D eigenvalue weighted by atomic mass is 16.5. The second-order valence-electron chi connectivity index (χ2n) is 6.85. The summed E-state index contributed by atoms with van der Waals surface area (Å²) in [6, 6.07) is 8.70. The van der Waals surface area contributed by atoms with Gasteiger partial charge < -0.3 is 14.5 Å². The van der Waals surface area contributed by atoms with Gasteiger partial charge in [-0.2, -0.15) is 0 Å². The normalized spacial score (nSPS) is 20.5. The van der Waals surface area contributed by atoms with Crippen LogP contribution < -0.4 is 0 Å². The zero-order chi connectivity index (χ0) is 16.3. The molecule has 1 amide bonds. The second kappa shape index (κ2) is 7.02. The number of carbonyl (C=O) groups excluding carboxylic acids is 1. The number of ether oxygens (including phenoxy) is 1. The molecule has 4 heteroatoms. The van der Waals surface area contributed by atoms with Gasteiger partial charge in [0.15, 0.2) is 0 Å². The number of piperidine rings is 1. The summed E-state index contributed by atoms with van der Waals surface area (Å²) in [4.78, 5) is 16.5. The zero-order valence-electron chi connectivity index (χ0n) is 14.4. The molecule has 1 aromatic carbocycles. The third kappa shape index (κ3) is 3.43. The third-order valence-corrected chi connectivity index (χ3v) is 5.46.